The monoisotopic (exact) mass is 446 g/mol. The maximum atomic E-state index is 13.4. The molecule has 0 bridgehead atoms. The molecule has 32 heavy (non-hydrogen) atoms. The molecule has 4 nitrogen and oxygen atoms in total. The van der Waals surface area contributed by atoms with Crippen molar-refractivity contribution in [2.24, 2.45) is 0 Å². The Morgan fingerprint density at radius 1 is 0.938 bits per heavy atom. The van der Waals surface area contributed by atoms with Crippen molar-refractivity contribution < 1.29 is 9.59 Å². The number of aryl methyl sites for hydroxylation is 1. The number of carbonyl (C=O) groups is 2. The van der Waals surface area contributed by atoms with E-state index in [1.165, 1.54) is 10.4 Å². The maximum Gasteiger partial charge on any atom is 0.247 e. The van der Waals surface area contributed by atoms with Crippen molar-refractivity contribution in [3.8, 4) is 0 Å². The minimum atomic E-state index is -0.163. The van der Waals surface area contributed by atoms with E-state index in [4.69, 9.17) is 0 Å². The summed E-state index contributed by atoms with van der Waals surface area (Å²) in [5.41, 5.74) is 3.21. The van der Waals surface area contributed by atoms with Crippen LogP contribution in [0.3, 0.4) is 0 Å². The van der Waals surface area contributed by atoms with Gasteiger partial charge in [0.05, 0.1) is 6.54 Å². The second-order valence-electron chi connectivity index (χ2n) is 8.07. The first kappa shape index (κ1) is 23.5. The first-order valence-electron chi connectivity index (χ1n) is 10.8. The van der Waals surface area contributed by atoms with Gasteiger partial charge in [0.25, 0.3) is 0 Å². The van der Waals surface area contributed by atoms with Gasteiger partial charge in [0.15, 0.2) is 0 Å². The number of rotatable bonds is 9. The molecule has 5 heteroatoms. The lowest BCUT2D eigenvalue weighted by Gasteiger charge is -2.29. The van der Waals surface area contributed by atoms with Crippen LogP contribution < -0.4 is 0 Å². The van der Waals surface area contributed by atoms with Crippen molar-refractivity contribution in [2.75, 3.05) is 6.54 Å². The fourth-order valence-electron chi connectivity index (χ4n) is 3.36. The number of hydrogen-bond acceptors (Lipinski definition) is 3. The smallest absolute Gasteiger partial charge is 0.247 e. The molecule has 0 radical (unpaired) electrons. The molecule has 2 aromatic carbocycles. The Bertz CT molecular complexity index is 1040. The summed E-state index contributed by atoms with van der Waals surface area (Å²) >= 11 is 1.66. The molecule has 166 valence electrons. The first-order valence-corrected chi connectivity index (χ1v) is 11.7. The molecule has 3 rings (SSSR count). The fourth-order valence-corrected chi connectivity index (χ4v) is 4.28. The molecule has 0 fully saturated rings. The van der Waals surface area contributed by atoms with Gasteiger partial charge in [-0.3, -0.25) is 9.59 Å². The second-order valence-corrected chi connectivity index (χ2v) is 9.07. The van der Waals surface area contributed by atoms with Crippen molar-refractivity contribution in [3.05, 3.63) is 99.8 Å². The molecule has 0 aliphatic heterocycles. The Balaban J connectivity index is 1.76. The van der Waals surface area contributed by atoms with E-state index in [2.05, 4.69) is 13.0 Å². The standard InChI is InChI=1S/C27H30N2O2S/c1-21(2)29(26(30)15-14-23-10-6-4-7-11-23)20-27(31)28(18-24-12-8-5-9-13-24)19-25-22(3)16-17-32-25/h4-17,21H,18-20H2,1-3H3. The van der Waals surface area contributed by atoms with Gasteiger partial charge in [-0.25, -0.2) is 0 Å². The normalized spacial score (nSPS) is 11.1. The molecule has 0 aliphatic carbocycles. The summed E-state index contributed by atoms with van der Waals surface area (Å²) in [5, 5.41) is 2.05. The van der Waals surface area contributed by atoms with E-state index in [-0.39, 0.29) is 24.4 Å². The lowest BCUT2D eigenvalue weighted by atomic mass is 10.2. The summed E-state index contributed by atoms with van der Waals surface area (Å²) in [6.45, 7) is 7.04. The number of amides is 2. The minimum Gasteiger partial charge on any atom is -0.332 e. The van der Waals surface area contributed by atoms with Crippen LogP contribution in [0.2, 0.25) is 0 Å². The average Bonchev–Trinajstić information content (AvgIpc) is 3.20. The predicted octanol–water partition coefficient (Wildman–Crippen LogP) is 5.54. The molecule has 0 unspecified atom stereocenters. The van der Waals surface area contributed by atoms with Gasteiger partial charge in [0.2, 0.25) is 11.8 Å². The lowest BCUT2D eigenvalue weighted by molar-refractivity contribution is -0.140. The van der Waals surface area contributed by atoms with Crippen LogP contribution in [0, 0.1) is 6.92 Å². The van der Waals surface area contributed by atoms with Gasteiger partial charge in [-0.2, -0.15) is 0 Å². The van der Waals surface area contributed by atoms with Crippen molar-refractivity contribution >= 4 is 29.2 Å². The van der Waals surface area contributed by atoms with Crippen LogP contribution in [0.15, 0.2) is 78.2 Å². The molecular formula is C27H30N2O2S. The highest BCUT2D eigenvalue weighted by atomic mass is 32.1. The zero-order chi connectivity index (χ0) is 22.9. The molecule has 2 amide bonds. The van der Waals surface area contributed by atoms with Gasteiger partial charge >= 0.3 is 0 Å². The van der Waals surface area contributed by atoms with E-state index >= 15 is 0 Å². The molecule has 0 spiro atoms. The third kappa shape index (κ3) is 6.66. The lowest BCUT2D eigenvalue weighted by Crippen LogP contribution is -2.45. The van der Waals surface area contributed by atoms with Crippen molar-refractivity contribution in [2.45, 2.75) is 39.9 Å². The molecular weight excluding hydrogens is 416 g/mol. The third-order valence-corrected chi connectivity index (χ3v) is 6.31. The summed E-state index contributed by atoms with van der Waals surface area (Å²) in [7, 11) is 0. The highest BCUT2D eigenvalue weighted by Gasteiger charge is 2.23. The third-order valence-electron chi connectivity index (χ3n) is 5.30. The van der Waals surface area contributed by atoms with Crippen molar-refractivity contribution in [3.63, 3.8) is 0 Å². The number of thiophene rings is 1. The summed E-state index contributed by atoms with van der Waals surface area (Å²) in [6, 6.07) is 21.7. The highest BCUT2D eigenvalue weighted by Crippen LogP contribution is 2.20. The second kappa shape index (κ2) is 11.4. The van der Waals surface area contributed by atoms with Gasteiger partial charge in [0, 0.05) is 23.5 Å². The number of hydrogen-bond donors (Lipinski definition) is 0. The largest absolute Gasteiger partial charge is 0.332 e. The molecule has 0 saturated heterocycles. The Hall–Kier alpha value is -3.18. The Kier molecular flexibility index (Phi) is 8.40. The zero-order valence-corrected chi connectivity index (χ0v) is 19.7. The molecule has 0 N–H and O–H groups in total. The Labute approximate surface area is 194 Å². The van der Waals surface area contributed by atoms with E-state index in [9.17, 15) is 9.59 Å². The van der Waals surface area contributed by atoms with Gasteiger partial charge in [-0.15, -0.1) is 11.3 Å². The zero-order valence-electron chi connectivity index (χ0n) is 18.9. The molecule has 0 atom stereocenters. The van der Waals surface area contributed by atoms with Crippen LogP contribution >= 0.6 is 11.3 Å². The average molecular weight is 447 g/mol. The van der Waals surface area contributed by atoms with E-state index in [0.717, 1.165) is 11.1 Å². The number of nitrogens with zero attached hydrogens (tertiary/aromatic N) is 2. The highest BCUT2D eigenvalue weighted by molar-refractivity contribution is 7.10. The van der Waals surface area contributed by atoms with E-state index in [1.807, 2.05) is 84.8 Å². The molecule has 3 aromatic rings. The van der Waals surface area contributed by atoms with Crippen LogP contribution in [-0.4, -0.2) is 34.2 Å². The van der Waals surface area contributed by atoms with E-state index in [0.29, 0.717) is 13.1 Å². The molecule has 1 aromatic heterocycles. The maximum absolute atomic E-state index is 13.4. The van der Waals surface area contributed by atoms with Crippen molar-refractivity contribution in [1.82, 2.24) is 9.80 Å². The Morgan fingerprint density at radius 3 is 2.19 bits per heavy atom. The van der Waals surface area contributed by atoms with Gasteiger partial charge in [-0.1, -0.05) is 60.7 Å². The SMILES string of the molecule is Cc1ccsc1CN(Cc1ccccc1)C(=O)CN(C(=O)C=Cc1ccccc1)C(C)C. The topological polar surface area (TPSA) is 40.6 Å². The van der Waals surface area contributed by atoms with Crippen LogP contribution in [0.1, 0.15) is 35.4 Å². The van der Waals surface area contributed by atoms with Gasteiger partial charge < -0.3 is 9.80 Å². The number of benzene rings is 2. The molecule has 0 aliphatic rings. The summed E-state index contributed by atoms with van der Waals surface area (Å²) in [5.74, 6) is -0.221. The summed E-state index contributed by atoms with van der Waals surface area (Å²) in [4.78, 5) is 30.9. The fraction of sp³-hybridized carbons (Fsp3) is 0.259. The molecule has 0 saturated carbocycles. The van der Waals surface area contributed by atoms with Crippen LogP contribution in [0.25, 0.3) is 6.08 Å². The minimum absolute atomic E-state index is 0.0485. The van der Waals surface area contributed by atoms with Crippen molar-refractivity contribution in [1.29, 1.82) is 0 Å². The quantitative estimate of drug-likeness (QED) is 0.405. The van der Waals surface area contributed by atoms with Gasteiger partial charge in [0.1, 0.15) is 6.54 Å². The first-order chi connectivity index (χ1) is 15.4. The predicted molar refractivity (Wildman–Crippen MR) is 132 cm³/mol. The van der Waals surface area contributed by atoms with Crippen LogP contribution in [0.4, 0.5) is 0 Å². The van der Waals surface area contributed by atoms with E-state index in [1.54, 1.807) is 28.4 Å². The number of carbonyl (C=O) groups excluding carboxylic acids is 2. The van der Waals surface area contributed by atoms with Gasteiger partial charge in [-0.05, 0) is 55.0 Å². The summed E-state index contributed by atoms with van der Waals surface area (Å²) in [6.07, 6.45) is 3.34. The Morgan fingerprint density at radius 2 is 1.59 bits per heavy atom. The summed E-state index contributed by atoms with van der Waals surface area (Å²) < 4.78 is 0. The van der Waals surface area contributed by atoms with Crippen LogP contribution in [-0.2, 0) is 22.7 Å². The van der Waals surface area contributed by atoms with Crippen LogP contribution in [0.5, 0.6) is 0 Å². The van der Waals surface area contributed by atoms with E-state index < -0.39 is 0 Å². The molecule has 1 heterocycles.